The molecule has 5 rings (SSSR count). The molecule has 4 aliphatic rings. The van der Waals surface area contributed by atoms with Gasteiger partial charge in [-0.3, -0.25) is 4.79 Å². The Morgan fingerprint density at radius 2 is 2.26 bits per heavy atom. The smallest absolute Gasteiger partial charge is 0.334 e. The van der Waals surface area contributed by atoms with Crippen molar-refractivity contribution in [2.45, 2.75) is 44.5 Å². The third-order valence-corrected chi connectivity index (χ3v) is 7.11. The molecule has 6 nitrogen and oxygen atoms in total. The molecule has 5 unspecified atom stereocenters. The zero-order valence-corrected chi connectivity index (χ0v) is 15.2. The van der Waals surface area contributed by atoms with Crippen LogP contribution in [-0.2, 0) is 23.8 Å². The minimum Gasteiger partial charge on any atom is -0.472 e. The molecule has 5 atom stereocenters. The summed E-state index contributed by atoms with van der Waals surface area (Å²) in [6.45, 7) is 4.36. The molecule has 1 aromatic heterocycles. The fourth-order valence-corrected chi connectivity index (χ4v) is 5.90. The van der Waals surface area contributed by atoms with Crippen molar-refractivity contribution < 1.29 is 28.2 Å². The van der Waals surface area contributed by atoms with Crippen LogP contribution >= 0.6 is 0 Å². The highest BCUT2D eigenvalue weighted by Crippen LogP contribution is 2.70. The Morgan fingerprint density at radius 3 is 3.00 bits per heavy atom. The van der Waals surface area contributed by atoms with Gasteiger partial charge in [0.15, 0.2) is 0 Å². The highest BCUT2D eigenvalue weighted by Gasteiger charge is 2.72. The molecule has 0 amide bonds. The molecular weight excluding hydrogens is 348 g/mol. The molecule has 3 fully saturated rings. The van der Waals surface area contributed by atoms with Crippen LogP contribution in [0.4, 0.5) is 0 Å². The monoisotopic (exact) mass is 370 g/mol. The Bertz CT molecular complexity index is 852. The normalized spacial score (nSPS) is 39.9. The Kier molecular flexibility index (Phi) is 3.47. The fourth-order valence-electron chi connectivity index (χ4n) is 5.90. The number of allylic oxidation sites excluding steroid dienone is 1. The van der Waals surface area contributed by atoms with E-state index in [0.717, 1.165) is 24.0 Å². The number of esters is 2. The summed E-state index contributed by atoms with van der Waals surface area (Å²) in [5, 5.41) is 0. The largest absolute Gasteiger partial charge is 0.472 e. The van der Waals surface area contributed by atoms with Gasteiger partial charge in [-0.2, -0.15) is 0 Å². The van der Waals surface area contributed by atoms with Gasteiger partial charge in [0.25, 0.3) is 0 Å². The van der Waals surface area contributed by atoms with Gasteiger partial charge >= 0.3 is 11.9 Å². The molecule has 3 heterocycles. The number of carbonyl (C=O) groups is 2. The summed E-state index contributed by atoms with van der Waals surface area (Å²) in [5.74, 6) is -0.888. The Morgan fingerprint density at radius 1 is 1.41 bits per heavy atom. The minimum atomic E-state index is -0.961. The molecule has 142 valence electrons. The first-order valence-corrected chi connectivity index (χ1v) is 9.40. The average Bonchev–Trinajstić information content (AvgIpc) is 3.33. The lowest BCUT2D eigenvalue weighted by molar-refractivity contribution is -0.241. The summed E-state index contributed by atoms with van der Waals surface area (Å²) in [4.78, 5) is 25.8. The Labute approximate surface area is 157 Å². The van der Waals surface area contributed by atoms with E-state index in [0.29, 0.717) is 24.8 Å². The first-order valence-electron chi connectivity index (χ1n) is 9.40. The van der Waals surface area contributed by atoms with Crippen molar-refractivity contribution in [1.29, 1.82) is 0 Å². The molecule has 1 spiro atoms. The number of rotatable bonds is 2. The molecule has 1 aromatic rings. The highest BCUT2D eigenvalue weighted by atomic mass is 16.7. The number of carbonyl (C=O) groups excluding carboxylic acids is 2. The third-order valence-electron chi connectivity index (χ3n) is 7.11. The van der Waals surface area contributed by atoms with Crippen LogP contribution in [0.1, 0.15) is 43.8 Å². The number of hydrogen-bond acceptors (Lipinski definition) is 6. The lowest BCUT2D eigenvalue weighted by atomic mass is 9.46. The predicted octanol–water partition coefficient (Wildman–Crippen LogP) is 3.46. The summed E-state index contributed by atoms with van der Waals surface area (Å²) in [6.07, 6.45) is 7.63. The van der Waals surface area contributed by atoms with Crippen molar-refractivity contribution in [2.75, 3.05) is 7.11 Å². The van der Waals surface area contributed by atoms with Crippen LogP contribution in [0.15, 0.2) is 46.8 Å². The fraction of sp³-hybridized carbons (Fsp3) is 0.524. The van der Waals surface area contributed by atoms with E-state index in [4.69, 9.17) is 18.6 Å². The molecule has 1 saturated carbocycles. The predicted molar refractivity (Wildman–Crippen MR) is 93.1 cm³/mol. The second-order valence-electron chi connectivity index (χ2n) is 7.98. The van der Waals surface area contributed by atoms with Crippen LogP contribution in [0, 0.1) is 16.7 Å². The van der Waals surface area contributed by atoms with Gasteiger partial charge < -0.3 is 18.6 Å². The molecule has 2 aliphatic heterocycles. The van der Waals surface area contributed by atoms with Crippen molar-refractivity contribution in [3.63, 3.8) is 0 Å². The van der Waals surface area contributed by atoms with Crippen LogP contribution in [0.2, 0.25) is 0 Å². The van der Waals surface area contributed by atoms with Crippen molar-refractivity contribution in [2.24, 2.45) is 16.7 Å². The molecule has 6 heteroatoms. The van der Waals surface area contributed by atoms with Crippen molar-refractivity contribution in [1.82, 2.24) is 0 Å². The van der Waals surface area contributed by atoms with E-state index >= 15 is 0 Å². The maximum absolute atomic E-state index is 13.2. The van der Waals surface area contributed by atoms with E-state index in [1.54, 1.807) is 12.5 Å². The first kappa shape index (κ1) is 16.8. The average molecular weight is 370 g/mol. The number of ether oxygens (including phenoxy) is 3. The van der Waals surface area contributed by atoms with Crippen LogP contribution in [0.25, 0.3) is 0 Å². The summed E-state index contributed by atoms with van der Waals surface area (Å²) >= 11 is 0. The second-order valence-corrected chi connectivity index (χ2v) is 7.98. The third kappa shape index (κ3) is 1.94. The van der Waals surface area contributed by atoms with Gasteiger partial charge in [0.05, 0.1) is 36.7 Å². The molecule has 2 aliphatic carbocycles. The van der Waals surface area contributed by atoms with Gasteiger partial charge in [-0.05, 0) is 44.1 Å². The Balaban J connectivity index is 1.64. The van der Waals surface area contributed by atoms with Gasteiger partial charge in [0, 0.05) is 5.56 Å². The second kappa shape index (κ2) is 5.58. The van der Waals surface area contributed by atoms with Crippen molar-refractivity contribution >= 4 is 11.9 Å². The van der Waals surface area contributed by atoms with E-state index in [9.17, 15) is 9.59 Å². The first-order chi connectivity index (χ1) is 13.0. The summed E-state index contributed by atoms with van der Waals surface area (Å²) in [6, 6.07) is 1.87. The van der Waals surface area contributed by atoms with Crippen LogP contribution < -0.4 is 0 Å². The van der Waals surface area contributed by atoms with Crippen molar-refractivity contribution in [3.8, 4) is 0 Å². The molecular formula is C21H22O6. The summed E-state index contributed by atoms with van der Waals surface area (Å²) < 4.78 is 22.3. The SMILES string of the molecule is C=C1CCC23C(=O)OC4OC(c5ccoc5)CC14C2CCC=C3C(=O)OC. The standard InChI is InChI=1S/C21H22O6/c1-12-6-8-20-14(17(22)24-2)4-3-5-16(20)21(12)10-15(13-7-9-25-11-13)26-19(21)27-18(20)23/h4,7,9,11,15-16,19H,1,3,5-6,8,10H2,2H3. The summed E-state index contributed by atoms with van der Waals surface area (Å²) in [7, 11) is 1.35. The van der Waals surface area contributed by atoms with Crippen molar-refractivity contribution in [3.05, 3.63) is 48.0 Å². The number of hydrogen-bond donors (Lipinski definition) is 0. The van der Waals surface area contributed by atoms with E-state index in [1.807, 2.05) is 12.1 Å². The van der Waals surface area contributed by atoms with E-state index in [2.05, 4.69) is 6.58 Å². The molecule has 0 radical (unpaired) electrons. The number of methoxy groups -OCH3 is 1. The van der Waals surface area contributed by atoms with E-state index in [-0.39, 0.29) is 18.0 Å². The zero-order valence-electron chi connectivity index (χ0n) is 15.2. The molecule has 2 saturated heterocycles. The maximum atomic E-state index is 13.2. The minimum absolute atomic E-state index is 0.0755. The topological polar surface area (TPSA) is 75.0 Å². The van der Waals surface area contributed by atoms with Crippen LogP contribution in [0.5, 0.6) is 0 Å². The van der Waals surface area contributed by atoms with Gasteiger partial charge in [0.1, 0.15) is 5.41 Å². The molecule has 27 heavy (non-hydrogen) atoms. The summed E-state index contributed by atoms with van der Waals surface area (Å²) in [5.41, 5.74) is 0.985. The van der Waals surface area contributed by atoms with Gasteiger partial charge in [-0.1, -0.05) is 18.2 Å². The zero-order chi connectivity index (χ0) is 18.8. The van der Waals surface area contributed by atoms with E-state index < -0.39 is 23.1 Å². The van der Waals surface area contributed by atoms with Crippen LogP contribution in [0.3, 0.4) is 0 Å². The molecule has 2 bridgehead atoms. The van der Waals surface area contributed by atoms with Gasteiger partial charge in [-0.25, -0.2) is 4.79 Å². The van der Waals surface area contributed by atoms with Gasteiger partial charge in [0.2, 0.25) is 6.29 Å². The van der Waals surface area contributed by atoms with E-state index in [1.165, 1.54) is 7.11 Å². The molecule has 0 N–H and O–H groups in total. The number of furan rings is 1. The molecule has 0 aromatic carbocycles. The maximum Gasteiger partial charge on any atom is 0.334 e. The Hall–Kier alpha value is -2.34. The highest BCUT2D eigenvalue weighted by molar-refractivity contribution is 5.99. The van der Waals surface area contributed by atoms with Crippen LogP contribution in [-0.4, -0.2) is 25.3 Å². The van der Waals surface area contributed by atoms with Gasteiger partial charge in [-0.15, -0.1) is 0 Å². The lowest BCUT2D eigenvalue weighted by Gasteiger charge is -2.59. The lowest BCUT2D eigenvalue weighted by Crippen LogP contribution is -2.63. The quantitative estimate of drug-likeness (QED) is 0.586.